The molecular formula is C22H28N6O4S. The van der Waals surface area contributed by atoms with Crippen molar-refractivity contribution >= 4 is 21.9 Å². The second-order valence-corrected chi connectivity index (χ2v) is 10.9. The number of hydrogen-bond donors (Lipinski definition) is 1. The predicted molar refractivity (Wildman–Crippen MR) is 122 cm³/mol. The first kappa shape index (κ1) is 23.1. The van der Waals surface area contributed by atoms with Crippen LogP contribution in [0.25, 0.3) is 11.6 Å². The summed E-state index contributed by atoms with van der Waals surface area (Å²) in [7, 11) is -3.61. The minimum absolute atomic E-state index is 0.0560. The van der Waals surface area contributed by atoms with Crippen molar-refractivity contribution < 1.29 is 17.6 Å². The molecule has 0 aliphatic carbocycles. The Morgan fingerprint density at radius 1 is 1.09 bits per heavy atom. The zero-order chi connectivity index (χ0) is 23.8. The van der Waals surface area contributed by atoms with Crippen LogP contribution in [-0.2, 0) is 10.0 Å². The van der Waals surface area contributed by atoms with Crippen LogP contribution in [0.3, 0.4) is 0 Å². The van der Waals surface area contributed by atoms with E-state index in [1.165, 1.54) is 28.6 Å². The average molecular weight is 473 g/mol. The predicted octanol–water partition coefficient (Wildman–Crippen LogP) is 3.43. The molecule has 4 rings (SSSR count). The van der Waals surface area contributed by atoms with Crippen molar-refractivity contribution in [1.82, 2.24) is 24.3 Å². The van der Waals surface area contributed by atoms with Crippen LogP contribution < -0.4 is 5.32 Å². The molecule has 1 aliphatic heterocycles. The molecule has 11 heteroatoms. The van der Waals surface area contributed by atoms with E-state index in [0.717, 1.165) is 6.42 Å². The highest BCUT2D eigenvalue weighted by atomic mass is 32.2. The van der Waals surface area contributed by atoms with E-state index in [0.29, 0.717) is 30.6 Å². The van der Waals surface area contributed by atoms with Crippen molar-refractivity contribution in [2.45, 2.75) is 45.1 Å². The third-order valence-corrected chi connectivity index (χ3v) is 7.46. The average Bonchev–Trinajstić information content (AvgIpc) is 3.42. The van der Waals surface area contributed by atoms with Crippen LogP contribution in [0.2, 0.25) is 0 Å². The van der Waals surface area contributed by atoms with Gasteiger partial charge >= 0.3 is 6.01 Å². The van der Waals surface area contributed by atoms with E-state index in [2.05, 4.69) is 34.5 Å². The summed E-state index contributed by atoms with van der Waals surface area (Å²) in [5.74, 6) is 0.383. The van der Waals surface area contributed by atoms with Gasteiger partial charge in [0.2, 0.25) is 10.0 Å². The van der Waals surface area contributed by atoms with Crippen LogP contribution in [0, 0.1) is 11.8 Å². The van der Waals surface area contributed by atoms with Gasteiger partial charge in [-0.25, -0.2) is 8.42 Å². The number of nitrogens with one attached hydrogen (secondary N) is 1. The Morgan fingerprint density at radius 2 is 1.76 bits per heavy atom. The van der Waals surface area contributed by atoms with Gasteiger partial charge in [-0.1, -0.05) is 18.9 Å². The Labute approximate surface area is 193 Å². The number of benzene rings is 1. The zero-order valence-corrected chi connectivity index (χ0v) is 19.9. The Hall–Kier alpha value is -3.05. The van der Waals surface area contributed by atoms with Crippen molar-refractivity contribution in [3.63, 3.8) is 0 Å². The fourth-order valence-corrected chi connectivity index (χ4v) is 5.85. The fraction of sp³-hybridized carbons (Fsp3) is 0.455. The summed E-state index contributed by atoms with van der Waals surface area (Å²) >= 11 is 0. The second-order valence-electron chi connectivity index (χ2n) is 8.91. The highest BCUT2D eigenvalue weighted by Crippen LogP contribution is 2.27. The molecule has 1 fully saturated rings. The molecule has 0 radical (unpaired) electrons. The summed E-state index contributed by atoms with van der Waals surface area (Å²) in [6.45, 7) is 9.09. The van der Waals surface area contributed by atoms with Crippen LogP contribution in [0.15, 0.2) is 45.8 Å². The third-order valence-electron chi connectivity index (χ3n) is 5.61. The van der Waals surface area contributed by atoms with Gasteiger partial charge in [-0.3, -0.25) is 14.8 Å². The molecule has 2 unspecified atom stereocenters. The minimum atomic E-state index is -3.61. The maximum Gasteiger partial charge on any atom is 0.322 e. The molecule has 1 saturated heterocycles. The summed E-state index contributed by atoms with van der Waals surface area (Å²) in [6, 6.07) is 7.66. The summed E-state index contributed by atoms with van der Waals surface area (Å²) in [5, 5.41) is 14.6. The quantitative estimate of drug-likeness (QED) is 0.583. The first-order valence-corrected chi connectivity index (χ1v) is 12.4. The van der Waals surface area contributed by atoms with E-state index in [9.17, 15) is 13.2 Å². The van der Waals surface area contributed by atoms with Gasteiger partial charge in [0.25, 0.3) is 11.8 Å². The van der Waals surface area contributed by atoms with Crippen LogP contribution in [-0.4, -0.2) is 51.7 Å². The molecule has 176 valence electrons. The Kier molecular flexibility index (Phi) is 6.35. The van der Waals surface area contributed by atoms with Crippen LogP contribution in [0.1, 0.15) is 50.5 Å². The number of carbonyl (C=O) groups is 1. The van der Waals surface area contributed by atoms with Gasteiger partial charge in [0.15, 0.2) is 0 Å². The number of hydrogen-bond acceptors (Lipinski definition) is 7. The number of sulfonamides is 1. The molecule has 1 aliphatic rings. The number of piperidine rings is 1. The Bertz CT molecular complexity index is 1220. The third kappa shape index (κ3) is 4.83. The molecule has 3 aromatic rings. The maximum absolute atomic E-state index is 13.0. The van der Waals surface area contributed by atoms with Crippen molar-refractivity contribution in [3.05, 3.63) is 42.1 Å². The highest BCUT2D eigenvalue weighted by molar-refractivity contribution is 7.89. The van der Waals surface area contributed by atoms with Crippen molar-refractivity contribution in [3.8, 4) is 11.6 Å². The van der Waals surface area contributed by atoms with E-state index < -0.39 is 15.9 Å². The monoisotopic (exact) mass is 472 g/mol. The largest absolute Gasteiger partial charge is 0.401 e. The SMILES string of the molecule is CC1CC(C)CN(S(=O)(=O)c2ccc(C(=O)Nc3nnc(-c4ccnn4C(C)C)o3)cc2)C1. The standard InChI is InChI=1S/C22H28N6O4S/c1-14(2)28-19(9-10-23-28)21-25-26-22(32-21)24-20(29)17-5-7-18(8-6-17)33(30,31)27-12-15(3)11-16(4)13-27/h5-10,14-16H,11-13H2,1-4H3,(H,24,26,29). The summed E-state index contributed by atoms with van der Waals surface area (Å²) in [6.07, 6.45) is 2.65. The van der Waals surface area contributed by atoms with Crippen LogP contribution >= 0.6 is 0 Å². The molecule has 2 atom stereocenters. The van der Waals surface area contributed by atoms with Gasteiger partial charge in [0.1, 0.15) is 5.69 Å². The Morgan fingerprint density at radius 3 is 2.39 bits per heavy atom. The zero-order valence-electron chi connectivity index (χ0n) is 19.1. The molecule has 1 amide bonds. The lowest BCUT2D eigenvalue weighted by Crippen LogP contribution is -2.42. The molecule has 2 aromatic heterocycles. The molecule has 10 nitrogen and oxygen atoms in total. The molecule has 3 heterocycles. The maximum atomic E-state index is 13.0. The molecule has 0 spiro atoms. The topological polar surface area (TPSA) is 123 Å². The number of nitrogens with zero attached hydrogens (tertiary/aromatic N) is 5. The van der Waals surface area contributed by atoms with Gasteiger partial charge in [0.05, 0.1) is 4.90 Å². The summed E-state index contributed by atoms with van der Waals surface area (Å²) in [5.41, 5.74) is 0.926. The van der Waals surface area contributed by atoms with Crippen LogP contribution in [0.4, 0.5) is 6.01 Å². The van der Waals surface area contributed by atoms with Gasteiger partial charge in [-0.2, -0.15) is 9.40 Å². The van der Waals surface area contributed by atoms with Crippen molar-refractivity contribution in [2.24, 2.45) is 11.8 Å². The van der Waals surface area contributed by atoms with Gasteiger partial charge in [0, 0.05) is 30.9 Å². The Balaban J connectivity index is 1.46. The number of aromatic nitrogens is 4. The lowest BCUT2D eigenvalue weighted by Gasteiger charge is -2.34. The van der Waals surface area contributed by atoms with E-state index in [4.69, 9.17) is 4.42 Å². The molecular weight excluding hydrogens is 444 g/mol. The smallest absolute Gasteiger partial charge is 0.322 e. The van der Waals surface area contributed by atoms with Gasteiger partial charge < -0.3 is 4.42 Å². The molecule has 1 aromatic carbocycles. The highest BCUT2D eigenvalue weighted by Gasteiger charge is 2.31. The number of rotatable bonds is 6. The van der Waals surface area contributed by atoms with Crippen molar-refractivity contribution in [1.29, 1.82) is 0 Å². The minimum Gasteiger partial charge on any atom is -0.401 e. The number of amides is 1. The summed E-state index contributed by atoms with van der Waals surface area (Å²) < 4.78 is 34.9. The van der Waals surface area contributed by atoms with E-state index >= 15 is 0 Å². The molecule has 33 heavy (non-hydrogen) atoms. The molecule has 0 bridgehead atoms. The van der Waals surface area contributed by atoms with E-state index in [1.807, 2.05) is 13.8 Å². The van der Waals surface area contributed by atoms with E-state index in [1.54, 1.807) is 16.9 Å². The number of carbonyl (C=O) groups excluding carboxylic acids is 1. The lowest BCUT2D eigenvalue weighted by molar-refractivity contribution is 0.102. The first-order valence-electron chi connectivity index (χ1n) is 10.9. The normalized spacial score (nSPS) is 19.7. The summed E-state index contributed by atoms with van der Waals surface area (Å²) in [4.78, 5) is 12.8. The van der Waals surface area contributed by atoms with Gasteiger partial charge in [-0.15, -0.1) is 5.10 Å². The van der Waals surface area contributed by atoms with Crippen molar-refractivity contribution in [2.75, 3.05) is 18.4 Å². The fourth-order valence-electron chi connectivity index (χ4n) is 4.17. The second kappa shape index (κ2) is 9.06. The molecule has 1 N–H and O–H groups in total. The first-order chi connectivity index (χ1) is 15.6. The van der Waals surface area contributed by atoms with Gasteiger partial charge in [-0.05, 0) is 62.4 Å². The number of anilines is 1. The lowest BCUT2D eigenvalue weighted by atomic mass is 9.94. The molecule has 0 saturated carbocycles. The van der Waals surface area contributed by atoms with E-state index in [-0.39, 0.29) is 28.4 Å². The van der Waals surface area contributed by atoms with Crippen LogP contribution in [0.5, 0.6) is 0 Å².